The second-order valence-electron chi connectivity index (χ2n) is 5.00. The van der Waals surface area contributed by atoms with Gasteiger partial charge in [-0.25, -0.2) is 18.4 Å². The van der Waals surface area contributed by atoms with Crippen LogP contribution in [0.2, 0.25) is 0 Å². The van der Waals surface area contributed by atoms with Crippen LogP contribution in [-0.2, 0) is 14.6 Å². The van der Waals surface area contributed by atoms with Gasteiger partial charge in [0.2, 0.25) is 5.91 Å². The Morgan fingerprint density at radius 3 is 2.30 bits per heavy atom. The van der Waals surface area contributed by atoms with Crippen LogP contribution < -0.4 is 5.32 Å². The Morgan fingerprint density at radius 2 is 1.83 bits per heavy atom. The van der Waals surface area contributed by atoms with Gasteiger partial charge in [-0.05, 0) is 30.9 Å². The van der Waals surface area contributed by atoms with Crippen molar-refractivity contribution < 1.29 is 13.2 Å². The summed E-state index contributed by atoms with van der Waals surface area (Å²) in [6.45, 7) is 1.74. The summed E-state index contributed by atoms with van der Waals surface area (Å²) in [7, 11) is -3.24. The van der Waals surface area contributed by atoms with Crippen LogP contribution in [0.25, 0.3) is 0 Å². The zero-order chi connectivity index (χ0) is 17.0. The Hall–Kier alpha value is -1.93. The number of amides is 1. The molecule has 0 saturated carbocycles. The number of nitrogens with zero attached hydrogens (tertiary/aromatic N) is 2. The number of anilines is 1. The van der Waals surface area contributed by atoms with Crippen LogP contribution in [0.15, 0.2) is 46.6 Å². The monoisotopic (exact) mass is 351 g/mol. The molecule has 0 aliphatic carbocycles. The SMILES string of the molecule is CSc1cnc(NC(=O)C(C)c2ccc(S(C)(=O)=O)cc2)cn1. The molecule has 23 heavy (non-hydrogen) atoms. The third-order valence-electron chi connectivity index (χ3n) is 3.29. The zero-order valence-corrected chi connectivity index (χ0v) is 14.6. The molecule has 2 rings (SSSR count). The summed E-state index contributed by atoms with van der Waals surface area (Å²) in [4.78, 5) is 20.7. The predicted octanol–water partition coefficient (Wildman–Crippen LogP) is 2.34. The number of carbonyl (C=O) groups is 1. The lowest BCUT2D eigenvalue weighted by Crippen LogP contribution is -2.19. The summed E-state index contributed by atoms with van der Waals surface area (Å²) in [6, 6.07) is 6.29. The van der Waals surface area contributed by atoms with Gasteiger partial charge in [0.1, 0.15) is 5.03 Å². The quantitative estimate of drug-likeness (QED) is 0.832. The van der Waals surface area contributed by atoms with E-state index >= 15 is 0 Å². The number of thioether (sulfide) groups is 1. The molecule has 1 heterocycles. The summed E-state index contributed by atoms with van der Waals surface area (Å²) in [5.41, 5.74) is 0.726. The highest BCUT2D eigenvalue weighted by molar-refractivity contribution is 7.98. The van der Waals surface area contributed by atoms with E-state index in [0.29, 0.717) is 5.82 Å². The fourth-order valence-electron chi connectivity index (χ4n) is 1.88. The number of hydrogen-bond acceptors (Lipinski definition) is 6. The first-order valence-electron chi connectivity index (χ1n) is 6.78. The molecule has 0 spiro atoms. The molecule has 1 aromatic heterocycles. The highest BCUT2D eigenvalue weighted by Gasteiger charge is 2.17. The number of carbonyl (C=O) groups excluding carboxylic acids is 1. The van der Waals surface area contributed by atoms with Crippen LogP contribution in [0, 0.1) is 0 Å². The molecule has 0 bridgehead atoms. The van der Waals surface area contributed by atoms with Crippen molar-refractivity contribution in [3.8, 4) is 0 Å². The predicted molar refractivity (Wildman–Crippen MR) is 90.4 cm³/mol. The number of sulfone groups is 1. The van der Waals surface area contributed by atoms with Crippen molar-refractivity contribution >= 4 is 33.3 Å². The molecule has 0 radical (unpaired) electrons. The molecule has 0 saturated heterocycles. The highest BCUT2D eigenvalue weighted by atomic mass is 32.2. The van der Waals surface area contributed by atoms with Crippen LogP contribution in [0.3, 0.4) is 0 Å². The lowest BCUT2D eigenvalue weighted by molar-refractivity contribution is -0.117. The first kappa shape index (κ1) is 17.4. The number of rotatable bonds is 5. The van der Waals surface area contributed by atoms with Crippen LogP contribution in [0.1, 0.15) is 18.4 Å². The summed E-state index contributed by atoms with van der Waals surface area (Å²) in [5.74, 6) is -0.290. The fourth-order valence-corrected chi connectivity index (χ4v) is 2.82. The molecule has 1 unspecified atom stereocenters. The van der Waals surface area contributed by atoms with Gasteiger partial charge in [0.15, 0.2) is 15.7 Å². The minimum atomic E-state index is -3.24. The van der Waals surface area contributed by atoms with Gasteiger partial charge in [-0.15, -0.1) is 11.8 Å². The Bertz CT molecular complexity index is 788. The summed E-state index contributed by atoms with van der Waals surface area (Å²) >= 11 is 1.47. The lowest BCUT2D eigenvalue weighted by atomic mass is 10.0. The maximum atomic E-state index is 12.2. The van der Waals surface area contributed by atoms with E-state index in [4.69, 9.17) is 0 Å². The average molecular weight is 351 g/mol. The minimum Gasteiger partial charge on any atom is -0.309 e. The molecule has 1 amide bonds. The third kappa shape index (κ3) is 4.52. The molecule has 1 atom stereocenters. The number of nitrogens with one attached hydrogen (secondary N) is 1. The maximum Gasteiger partial charge on any atom is 0.232 e. The standard InChI is InChI=1S/C15H17N3O3S2/c1-10(11-4-6-12(7-5-11)23(3,20)21)15(19)18-13-8-17-14(22-2)9-16-13/h4-10H,1-3H3,(H,16,18,19). The molecule has 6 nitrogen and oxygen atoms in total. The van der Waals surface area contributed by atoms with Gasteiger partial charge in [0.25, 0.3) is 0 Å². The van der Waals surface area contributed by atoms with Gasteiger partial charge in [-0.3, -0.25) is 4.79 Å². The zero-order valence-electron chi connectivity index (χ0n) is 13.0. The van der Waals surface area contributed by atoms with Crippen molar-refractivity contribution in [2.24, 2.45) is 0 Å². The van der Waals surface area contributed by atoms with E-state index in [1.807, 2.05) is 6.26 Å². The van der Waals surface area contributed by atoms with E-state index in [0.717, 1.165) is 16.8 Å². The molecule has 0 aliphatic rings. The van der Waals surface area contributed by atoms with Gasteiger partial charge in [-0.2, -0.15) is 0 Å². The number of hydrogen-bond donors (Lipinski definition) is 1. The van der Waals surface area contributed by atoms with Gasteiger partial charge < -0.3 is 5.32 Å². The van der Waals surface area contributed by atoms with Crippen LogP contribution in [0.4, 0.5) is 5.82 Å². The Labute approximate surface area is 139 Å². The molecule has 0 fully saturated rings. The molecule has 1 N–H and O–H groups in total. The van der Waals surface area contributed by atoms with Crippen LogP contribution >= 0.6 is 11.8 Å². The average Bonchev–Trinajstić information content (AvgIpc) is 2.54. The summed E-state index contributed by atoms with van der Waals surface area (Å²) in [5, 5.41) is 3.47. The van der Waals surface area contributed by atoms with Crippen molar-refractivity contribution in [3.05, 3.63) is 42.2 Å². The second-order valence-corrected chi connectivity index (χ2v) is 7.84. The molecular weight excluding hydrogens is 334 g/mol. The van der Waals surface area contributed by atoms with Gasteiger partial charge >= 0.3 is 0 Å². The molecular formula is C15H17N3O3S2. The fraction of sp³-hybridized carbons (Fsp3) is 0.267. The molecule has 0 aliphatic heterocycles. The lowest BCUT2D eigenvalue weighted by Gasteiger charge is -2.12. The van der Waals surface area contributed by atoms with E-state index < -0.39 is 15.8 Å². The normalized spacial score (nSPS) is 12.7. The van der Waals surface area contributed by atoms with Crippen LogP contribution in [-0.4, -0.2) is 36.8 Å². The van der Waals surface area contributed by atoms with E-state index in [1.54, 1.807) is 25.3 Å². The van der Waals surface area contributed by atoms with Gasteiger partial charge in [0, 0.05) is 6.26 Å². The van der Waals surface area contributed by atoms with Crippen molar-refractivity contribution in [2.45, 2.75) is 22.8 Å². The van der Waals surface area contributed by atoms with Gasteiger partial charge in [-0.1, -0.05) is 12.1 Å². The van der Waals surface area contributed by atoms with Crippen molar-refractivity contribution in [2.75, 3.05) is 17.8 Å². The van der Waals surface area contributed by atoms with Crippen molar-refractivity contribution in [1.82, 2.24) is 9.97 Å². The first-order valence-corrected chi connectivity index (χ1v) is 9.90. The number of aromatic nitrogens is 2. The third-order valence-corrected chi connectivity index (χ3v) is 5.05. The van der Waals surface area contributed by atoms with Crippen molar-refractivity contribution in [1.29, 1.82) is 0 Å². The first-order chi connectivity index (χ1) is 10.8. The van der Waals surface area contributed by atoms with E-state index in [-0.39, 0.29) is 10.8 Å². The highest BCUT2D eigenvalue weighted by Crippen LogP contribution is 2.20. The Morgan fingerprint density at radius 1 is 1.17 bits per heavy atom. The van der Waals surface area contributed by atoms with Crippen molar-refractivity contribution in [3.63, 3.8) is 0 Å². The maximum absolute atomic E-state index is 12.2. The van der Waals surface area contributed by atoms with E-state index in [2.05, 4.69) is 15.3 Å². The number of benzene rings is 1. The smallest absolute Gasteiger partial charge is 0.232 e. The Balaban J connectivity index is 2.09. The summed E-state index contributed by atoms with van der Waals surface area (Å²) in [6.07, 6.45) is 6.13. The second kappa shape index (κ2) is 7.10. The van der Waals surface area contributed by atoms with E-state index in [1.165, 1.54) is 30.1 Å². The minimum absolute atomic E-state index is 0.229. The van der Waals surface area contributed by atoms with E-state index in [9.17, 15) is 13.2 Å². The molecule has 122 valence electrons. The largest absolute Gasteiger partial charge is 0.309 e. The topological polar surface area (TPSA) is 89.0 Å². The summed E-state index contributed by atoms with van der Waals surface area (Å²) < 4.78 is 22.9. The van der Waals surface area contributed by atoms with Gasteiger partial charge in [0.05, 0.1) is 23.2 Å². The molecule has 8 heteroatoms. The molecule has 1 aromatic carbocycles. The van der Waals surface area contributed by atoms with Crippen LogP contribution in [0.5, 0.6) is 0 Å². The Kier molecular flexibility index (Phi) is 5.38. The molecule has 2 aromatic rings.